The van der Waals surface area contributed by atoms with Gasteiger partial charge in [-0.1, -0.05) is 0 Å². The minimum absolute atomic E-state index is 0.0613. The Morgan fingerprint density at radius 1 is 1.50 bits per heavy atom. The molecule has 6 nitrogen and oxygen atoms in total. The van der Waals surface area contributed by atoms with Crippen molar-refractivity contribution in [3.05, 3.63) is 23.5 Å². The van der Waals surface area contributed by atoms with Gasteiger partial charge in [-0.25, -0.2) is 0 Å². The number of amides is 1. The third-order valence-electron chi connectivity index (χ3n) is 2.10. The first-order valence-corrected chi connectivity index (χ1v) is 4.72. The maximum atomic E-state index is 10.6. The summed E-state index contributed by atoms with van der Waals surface area (Å²) in [4.78, 5) is 14.5. The molecule has 6 heteroatoms. The highest BCUT2D eigenvalue weighted by atomic mass is 16.3. The van der Waals surface area contributed by atoms with Gasteiger partial charge in [0.1, 0.15) is 17.5 Å². The zero-order chi connectivity index (χ0) is 12.3. The first-order valence-electron chi connectivity index (χ1n) is 4.72. The van der Waals surface area contributed by atoms with Crippen LogP contribution in [0.5, 0.6) is 5.75 Å². The molecule has 16 heavy (non-hydrogen) atoms. The van der Waals surface area contributed by atoms with Crippen LogP contribution < -0.4 is 5.73 Å². The Bertz CT molecular complexity index is 394. The van der Waals surface area contributed by atoms with Crippen molar-refractivity contribution >= 4 is 5.91 Å². The van der Waals surface area contributed by atoms with Crippen molar-refractivity contribution in [3.63, 3.8) is 0 Å². The number of aromatic hydroxyl groups is 1. The normalized spacial score (nSPS) is 14.4. The Morgan fingerprint density at radius 2 is 2.12 bits per heavy atom. The van der Waals surface area contributed by atoms with Crippen molar-refractivity contribution in [1.29, 1.82) is 0 Å². The summed E-state index contributed by atoms with van der Waals surface area (Å²) in [5.41, 5.74) is 5.40. The van der Waals surface area contributed by atoms with E-state index in [1.54, 1.807) is 13.0 Å². The second kappa shape index (κ2) is 4.91. The Balaban J connectivity index is 2.90. The van der Waals surface area contributed by atoms with E-state index in [0.717, 1.165) is 0 Å². The molecule has 2 unspecified atom stereocenters. The number of aromatic nitrogens is 1. The van der Waals surface area contributed by atoms with E-state index in [1.165, 1.54) is 6.07 Å². The fourth-order valence-electron chi connectivity index (χ4n) is 1.29. The summed E-state index contributed by atoms with van der Waals surface area (Å²) >= 11 is 0. The van der Waals surface area contributed by atoms with E-state index in [2.05, 4.69) is 4.98 Å². The summed E-state index contributed by atoms with van der Waals surface area (Å²) in [6.07, 6.45) is -3.21. The standard InChI is InChI=1S/C10H14N2O4/c1-5-2-3-6(13)9(12-5)10(16)7(14)4-8(11)15/h2-3,7,10,13-14,16H,4H2,1H3,(H2,11,15). The molecule has 0 aliphatic heterocycles. The fourth-order valence-corrected chi connectivity index (χ4v) is 1.29. The molecule has 0 aliphatic rings. The molecule has 2 atom stereocenters. The molecule has 0 radical (unpaired) electrons. The lowest BCUT2D eigenvalue weighted by Gasteiger charge is -2.17. The second-order valence-electron chi connectivity index (χ2n) is 3.54. The maximum absolute atomic E-state index is 10.6. The van der Waals surface area contributed by atoms with Gasteiger partial charge in [-0.3, -0.25) is 9.78 Å². The first-order chi connectivity index (χ1) is 7.41. The van der Waals surface area contributed by atoms with Gasteiger partial charge in [0.25, 0.3) is 0 Å². The van der Waals surface area contributed by atoms with Crippen LogP contribution in [0, 0.1) is 6.92 Å². The number of hydrogen-bond donors (Lipinski definition) is 4. The van der Waals surface area contributed by atoms with Gasteiger partial charge in [0, 0.05) is 5.69 Å². The summed E-state index contributed by atoms with van der Waals surface area (Å²) in [7, 11) is 0. The number of primary amides is 1. The lowest BCUT2D eigenvalue weighted by atomic mass is 10.1. The van der Waals surface area contributed by atoms with Crippen molar-refractivity contribution in [3.8, 4) is 5.75 Å². The molecule has 0 aromatic carbocycles. The van der Waals surface area contributed by atoms with Crippen LogP contribution in [0.25, 0.3) is 0 Å². The lowest BCUT2D eigenvalue weighted by Crippen LogP contribution is -2.26. The average molecular weight is 226 g/mol. The van der Waals surface area contributed by atoms with E-state index < -0.39 is 24.5 Å². The van der Waals surface area contributed by atoms with Crippen LogP contribution in [0.3, 0.4) is 0 Å². The van der Waals surface area contributed by atoms with Crippen LogP contribution in [-0.2, 0) is 4.79 Å². The average Bonchev–Trinajstić information content (AvgIpc) is 2.19. The SMILES string of the molecule is Cc1ccc(O)c(C(O)C(O)CC(N)=O)n1. The number of aliphatic hydroxyl groups is 2. The van der Waals surface area contributed by atoms with Crippen LogP contribution >= 0.6 is 0 Å². The van der Waals surface area contributed by atoms with Gasteiger partial charge in [-0.2, -0.15) is 0 Å². The summed E-state index contributed by atoms with van der Waals surface area (Å²) < 4.78 is 0. The van der Waals surface area contributed by atoms with Crippen LogP contribution in [-0.4, -0.2) is 32.3 Å². The predicted octanol–water partition coefficient (Wildman–Crippen LogP) is -0.635. The number of nitrogens with two attached hydrogens (primary N) is 1. The van der Waals surface area contributed by atoms with E-state index in [9.17, 15) is 20.1 Å². The molecule has 0 spiro atoms. The molecule has 1 rings (SSSR count). The van der Waals surface area contributed by atoms with Crippen LogP contribution in [0.2, 0.25) is 0 Å². The molecule has 1 amide bonds. The smallest absolute Gasteiger partial charge is 0.220 e. The summed E-state index contributed by atoms with van der Waals surface area (Å²) in [5, 5.41) is 28.6. The van der Waals surface area contributed by atoms with Crippen molar-refractivity contribution < 1.29 is 20.1 Å². The third-order valence-corrected chi connectivity index (χ3v) is 2.10. The van der Waals surface area contributed by atoms with E-state index in [-0.39, 0.29) is 11.4 Å². The molecule has 0 bridgehead atoms. The van der Waals surface area contributed by atoms with Gasteiger partial charge in [-0.05, 0) is 19.1 Å². The molecule has 1 aromatic rings. The number of nitrogens with zero attached hydrogens (tertiary/aromatic N) is 1. The molecular formula is C10H14N2O4. The number of hydrogen-bond acceptors (Lipinski definition) is 5. The fraction of sp³-hybridized carbons (Fsp3) is 0.400. The first kappa shape index (κ1) is 12.4. The highest BCUT2D eigenvalue weighted by Crippen LogP contribution is 2.25. The Labute approximate surface area is 92.4 Å². The van der Waals surface area contributed by atoms with Gasteiger partial charge in [0.05, 0.1) is 12.5 Å². The molecule has 0 saturated heterocycles. The number of aliphatic hydroxyl groups excluding tert-OH is 2. The van der Waals surface area contributed by atoms with Gasteiger partial charge < -0.3 is 21.1 Å². The number of aryl methyl sites for hydroxylation is 1. The summed E-state index contributed by atoms with van der Waals surface area (Å²) in [5.74, 6) is -0.972. The monoisotopic (exact) mass is 226 g/mol. The van der Waals surface area contributed by atoms with Crippen molar-refractivity contribution in [1.82, 2.24) is 4.98 Å². The van der Waals surface area contributed by atoms with Gasteiger partial charge >= 0.3 is 0 Å². The number of rotatable bonds is 4. The zero-order valence-corrected chi connectivity index (χ0v) is 8.79. The zero-order valence-electron chi connectivity index (χ0n) is 8.79. The molecule has 1 aromatic heterocycles. The second-order valence-corrected chi connectivity index (χ2v) is 3.54. The molecule has 88 valence electrons. The predicted molar refractivity (Wildman–Crippen MR) is 55.4 cm³/mol. The minimum Gasteiger partial charge on any atom is -0.506 e. The Kier molecular flexibility index (Phi) is 3.81. The topological polar surface area (TPSA) is 117 Å². The number of pyridine rings is 1. The maximum Gasteiger partial charge on any atom is 0.220 e. The van der Waals surface area contributed by atoms with Crippen LogP contribution in [0.15, 0.2) is 12.1 Å². The number of carbonyl (C=O) groups excluding carboxylic acids is 1. The van der Waals surface area contributed by atoms with Gasteiger partial charge in [0.15, 0.2) is 0 Å². The molecular weight excluding hydrogens is 212 g/mol. The van der Waals surface area contributed by atoms with E-state index in [1.807, 2.05) is 0 Å². The van der Waals surface area contributed by atoms with E-state index in [4.69, 9.17) is 5.73 Å². The molecule has 0 fully saturated rings. The number of carbonyl (C=O) groups is 1. The van der Waals surface area contributed by atoms with E-state index in [0.29, 0.717) is 5.69 Å². The largest absolute Gasteiger partial charge is 0.506 e. The third kappa shape index (κ3) is 2.91. The molecule has 5 N–H and O–H groups in total. The summed E-state index contributed by atoms with van der Waals surface area (Å²) in [6, 6.07) is 2.92. The van der Waals surface area contributed by atoms with Crippen molar-refractivity contribution in [2.45, 2.75) is 25.6 Å². The summed E-state index contributed by atoms with van der Waals surface area (Å²) in [6.45, 7) is 1.68. The Hall–Kier alpha value is -1.66. The highest BCUT2D eigenvalue weighted by Gasteiger charge is 2.24. The van der Waals surface area contributed by atoms with Crippen LogP contribution in [0.1, 0.15) is 23.9 Å². The van der Waals surface area contributed by atoms with Gasteiger partial charge in [-0.15, -0.1) is 0 Å². The van der Waals surface area contributed by atoms with Gasteiger partial charge in [0.2, 0.25) is 5.91 Å². The lowest BCUT2D eigenvalue weighted by molar-refractivity contribution is -0.121. The van der Waals surface area contributed by atoms with E-state index >= 15 is 0 Å². The molecule has 1 heterocycles. The van der Waals surface area contributed by atoms with Crippen molar-refractivity contribution in [2.75, 3.05) is 0 Å². The Morgan fingerprint density at radius 3 is 2.69 bits per heavy atom. The molecule has 0 saturated carbocycles. The highest BCUT2D eigenvalue weighted by molar-refractivity contribution is 5.74. The molecule has 0 aliphatic carbocycles. The minimum atomic E-state index is -1.44. The van der Waals surface area contributed by atoms with Crippen LogP contribution in [0.4, 0.5) is 0 Å². The van der Waals surface area contributed by atoms with Crippen molar-refractivity contribution in [2.24, 2.45) is 5.73 Å². The quantitative estimate of drug-likeness (QED) is 0.545.